The number of nitrogens with two attached hydrogens (primary N) is 1. The molecule has 1 aromatic carbocycles. The van der Waals surface area contributed by atoms with E-state index in [0.29, 0.717) is 10.4 Å². The molecule has 0 fully saturated rings. The monoisotopic (exact) mass is 260 g/mol. The molecule has 0 amide bonds. The van der Waals surface area contributed by atoms with E-state index in [2.05, 4.69) is 35.2 Å². The molecule has 0 aromatic heterocycles. The lowest BCUT2D eigenvalue weighted by Crippen LogP contribution is -2.31. The van der Waals surface area contributed by atoms with Gasteiger partial charge in [0.1, 0.15) is 5.82 Å². The molecule has 1 aromatic rings. The van der Waals surface area contributed by atoms with Crippen LogP contribution in [0.15, 0.2) is 22.7 Å². The van der Waals surface area contributed by atoms with Gasteiger partial charge in [0.05, 0.1) is 4.47 Å². The van der Waals surface area contributed by atoms with E-state index >= 15 is 0 Å². The van der Waals surface area contributed by atoms with E-state index < -0.39 is 0 Å². The fraction of sp³-hybridized carbons (Fsp3) is 0.400. The average Bonchev–Trinajstić information content (AvgIpc) is 2.11. The van der Waals surface area contributed by atoms with E-state index in [-0.39, 0.29) is 11.9 Å². The second-order valence-corrected chi connectivity index (χ2v) is 4.42. The Morgan fingerprint density at radius 2 is 2.07 bits per heavy atom. The third-order valence-electron chi connectivity index (χ3n) is 2.15. The summed E-state index contributed by atoms with van der Waals surface area (Å²) in [6.07, 6.45) is 0. The summed E-state index contributed by atoms with van der Waals surface area (Å²) in [5.74, 6) is 5.54. The van der Waals surface area contributed by atoms with Gasteiger partial charge in [0.2, 0.25) is 0 Å². The third-order valence-corrected chi connectivity index (χ3v) is 2.76. The minimum atomic E-state index is -0.256. The lowest BCUT2D eigenvalue weighted by Gasteiger charge is -2.20. The van der Waals surface area contributed by atoms with E-state index in [1.165, 1.54) is 6.07 Å². The largest absolute Gasteiger partial charge is 0.271 e. The maximum absolute atomic E-state index is 13.0. The van der Waals surface area contributed by atoms with Crippen LogP contribution in [0, 0.1) is 11.7 Å². The molecule has 0 aliphatic heterocycles. The first kappa shape index (κ1) is 11.6. The summed E-state index contributed by atoms with van der Waals surface area (Å²) in [6.45, 7) is 4.11. The number of hydrogen-bond acceptors (Lipinski definition) is 2. The number of nitrogens with one attached hydrogen (secondary N) is 1. The molecule has 0 saturated heterocycles. The van der Waals surface area contributed by atoms with E-state index in [0.717, 1.165) is 5.56 Å². The summed E-state index contributed by atoms with van der Waals surface area (Å²) < 4.78 is 13.4. The molecule has 3 N–H and O–H groups in total. The van der Waals surface area contributed by atoms with Gasteiger partial charge in [-0.05, 0) is 39.5 Å². The summed E-state index contributed by atoms with van der Waals surface area (Å²) in [5.41, 5.74) is 3.70. The summed E-state index contributed by atoms with van der Waals surface area (Å²) >= 11 is 3.15. The predicted octanol–water partition coefficient (Wildman–Crippen LogP) is 2.75. The molecule has 14 heavy (non-hydrogen) atoms. The number of benzene rings is 1. The highest BCUT2D eigenvalue weighted by Gasteiger charge is 2.14. The van der Waals surface area contributed by atoms with Gasteiger partial charge in [-0.2, -0.15) is 0 Å². The van der Waals surface area contributed by atoms with E-state index in [4.69, 9.17) is 5.84 Å². The van der Waals surface area contributed by atoms with Crippen molar-refractivity contribution in [1.29, 1.82) is 0 Å². The Kier molecular flexibility index (Phi) is 4.04. The van der Waals surface area contributed by atoms with Crippen molar-refractivity contribution in [2.24, 2.45) is 11.8 Å². The Morgan fingerprint density at radius 1 is 1.43 bits per heavy atom. The zero-order chi connectivity index (χ0) is 10.7. The average molecular weight is 261 g/mol. The van der Waals surface area contributed by atoms with Crippen LogP contribution in [0.25, 0.3) is 0 Å². The maximum atomic E-state index is 13.0. The summed E-state index contributed by atoms with van der Waals surface area (Å²) in [7, 11) is 0. The molecule has 0 bridgehead atoms. The van der Waals surface area contributed by atoms with Gasteiger partial charge in [-0.25, -0.2) is 4.39 Å². The molecule has 4 heteroatoms. The SMILES string of the molecule is CC(C)C(NN)c1ccc(F)c(Br)c1. The van der Waals surface area contributed by atoms with Crippen LogP contribution in [0.2, 0.25) is 0 Å². The third kappa shape index (κ3) is 2.53. The lowest BCUT2D eigenvalue weighted by molar-refractivity contribution is 0.420. The molecular weight excluding hydrogens is 247 g/mol. The first-order valence-electron chi connectivity index (χ1n) is 4.47. The van der Waals surface area contributed by atoms with Gasteiger partial charge >= 0.3 is 0 Å². The van der Waals surface area contributed by atoms with Crippen molar-refractivity contribution in [2.75, 3.05) is 0 Å². The summed E-state index contributed by atoms with van der Waals surface area (Å²) in [6, 6.07) is 4.98. The zero-order valence-electron chi connectivity index (χ0n) is 8.22. The van der Waals surface area contributed by atoms with E-state index in [9.17, 15) is 4.39 Å². The van der Waals surface area contributed by atoms with Gasteiger partial charge in [-0.1, -0.05) is 19.9 Å². The van der Waals surface area contributed by atoms with E-state index in [1.807, 2.05) is 0 Å². The molecule has 0 aliphatic rings. The minimum absolute atomic E-state index is 0.0481. The normalized spacial score (nSPS) is 13.3. The van der Waals surface area contributed by atoms with Gasteiger partial charge in [-0.3, -0.25) is 11.3 Å². The van der Waals surface area contributed by atoms with E-state index in [1.54, 1.807) is 12.1 Å². The van der Waals surface area contributed by atoms with Crippen molar-refractivity contribution in [3.05, 3.63) is 34.1 Å². The Bertz CT molecular complexity index is 315. The van der Waals surface area contributed by atoms with Gasteiger partial charge in [0, 0.05) is 6.04 Å². The number of hydrazine groups is 1. The molecule has 2 nitrogen and oxygen atoms in total. The molecule has 0 radical (unpaired) electrons. The van der Waals surface area contributed by atoms with Crippen LogP contribution in [-0.2, 0) is 0 Å². The second kappa shape index (κ2) is 4.87. The topological polar surface area (TPSA) is 38.0 Å². The van der Waals surface area contributed by atoms with Crippen LogP contribution >= 0.6 is 15.9 Å². The van der Waals surface area contributed by atoms with Crippen LogP contribution in [0.5, 0.6) is 0 Å². The van der Waals surface area contributed by atoms with Crippen molar-refractivity contribution in [3.63, 3.8) is 0 Å². The van der Waals surface area contributed by atoms with Gasteiger partial charge < -0.3 is 0 Å². The predicted molar refractivity (Wildman–Crippen MR) is 59.0 cm³/mol. The molecule has 0 saturated carbocycles. The van der Waals surface area contributed by atoms with Gasteiger partial charge in [0.25, 0.3) is 0 Å². The zero-order valence-corrected chi connectivity index (χ0v) is 9.81. The van der Waals surface area contributed by atoms with Crippen LogP contribution in [-0.4, -0.2) is 0 Å². The van der Waals surface area contributed by atoms with Crippen LogP contribution in [0.1, 0.15) is 25.5 Å². The number of hydrogen-bond donors (Lipinski definition) is 2. The van der Waals surface area contributed by atoms with Gasteiger partial charge in [-0.15, -0.1) is 0 Å². The molecule has 0 spiro atoms. The number of rotatable bonds is 3. The summed E-state index contributed by atoms with van der Waals surface area (Å²) in [5, 5.41) is 0. The van der Waals surface area contributed by atoms with Gasteiger partial charge in [0.15, 0.2) is 0 Å². The summed E-state index contributed by atoms with van der Waals surface area (Å²) in [4.78, 5) is 0. The Balaban J connectivity index is 3.00. The quantitative estimate of drug-likeness (QED) is 0.648. The number of halogens is 2. The highest BCUT2D eigenvalue weighted by Crippen LogP contribution is 2.25. The van der Waals surface area contributed by atoms with Crippen LogP contribution in [0.4, 0.5) is 4.39 Å². The Labute approximate surface area is 91.8 Å². The minimum Gasteiger partial charge on any atom is -0.271 e. The molecular formula is C10H14BrFN2. The molecule has 1 unspecified atom stereocenters. The Hall–Kier alpha value is -0.450. The van der Waals surface area contributed by atoms with Crippen LogP contribution < -0.4 is 11.3 Å². The maximum Gasteiger partial charge on any atom is 0.137 e. The van der Waals surface area contributed by atoms with Crippen LogP contribution in [0.3, 0.4) is 0 Å². The van der Waals surface area contributed by atoms with Crippen molar-refractivity contribution in [2.45, 2.75) is 19.9 Å². The molecule has 78 valence electrons. The Morgan fingerprint density at radius 3 is 2.50 bits per heavy atom. The van der Waals surface area contributed by atoms with Crippen molar-refractivity contribution in [1.82, 2.24) is 5.43 Å². The lowest BCUT2D eigenvalue weighted by atomic mass is 9.97. The molecule has 0 aliphatic carbocycles. The highest BCUT2D eigenvalue weighted by atomic mass is 79.9. The fourth-order valence-electron chi connectivity index (χ4n) is 1.38. The van der Waals surface area contributed by atoms with Crippen molar-refractivity contribution in [3.8, 4) is 0 Å². The standard InChI is InChI=1S/C10H14BrFN2/c1-6(2)10(14-13)7-3-4-9(12)8(11)5-7/h3-6,10,14H,13H2,1-2H3. The first-order chi connectivity index (χ1) is 6.56. The molecule has 1 atom stereocenters. The second-order valence-electron chi connectivity index (χ2n) is 3.56. The van der Waals surface area contributed by atoms with Crippen molar-refractivity contribution < 1.29 is 4.39 Å². The molecule has 0 heterocycles. The highest BCUT2D eigenvalue weighted by molar-refractivity contribution is 9.10. The van der Waals surface area contributed by atoms with Crippen molar-refractivity contribution >= 4 is 15.9 Å². The molecule has 1 rings (SSSR count). The smallest absolute Gasteiger partial charge is 0.137 e. The first-order valence-corrected chi connectivity index (χ1v) is 5.26. The fourth-order valence-corrected chi connectivity index (χ4v) is 1.78.